The van der Waals surface area contributed by atoms with Crippen LogP contribution in [0.5, 0.6) is 11.5 Å². The van der Waals surface area contributed by atoms with Crippen molar-refractivity contribution in [3.05, 3.63) is 59.7 Å². The van der Waals surface area contributed by atoms with Gasteiger partial charge in [-0.1, -0.05) is 45.9 Å². The van der Waals surface area contributed by atoms with E-state index in [0.29, 0.717) is 23.2 Å². The van der Waals surface area contributed by atoms with Crippen molar-refractivity contribution in [3.8, 4) is 11.5 Å². The second-order valence-corrected chi connectivity index (χ2v) is 27.6. The van der Waals surface area contributed by atoms with E-state index < -0.39 is 210 Å². The Bertz CT molecular complexity index is 3350. The molecule has 590 valence electrons. The van der Waals surface area contributed by atoms with Crippen LogP contribution in [-0.4, -0.2) is 265 Å². The molecule has 2 aromatic carbocycles. The van der Waals surface area contributed by atoms with Crippen LogP contribution < -0.4 is 69.5 Å². The van der Waals surface area contributed by atoms with E-state index in [9.17, 15) is 97.1 Å². The molecular formula is C61H91N15O20S10. The van der Waals surface area contributed by atoms with Crippen molar-refractivity contribution in [2.24, 2.45) is 5.73 Å². The number of aliphatic carboxylic acids is 1. The number of likely N-dealkylation sites (tertiary alicyclic amines) is 1. The molecule has 4 unspecified atom stereocenters. The van der Waals surface area contributed by atoms with Gasteiger partial charge in [0.1, 0.15) is 84.2 Å². The molecule has 35 nitrogen and oxygen atoms in total. The lowest BCUT2D eigenvalue weighted by atomic mass is 10.0. The zero-order chi connectivity index (χ0) is 80.1. The summed E-state index contributed by atoms with van der Waals surface area (Å²) in [6.07, 6.45) is -1.23. The minimum absolute atomic E-state index is 0.00750. The Kier molecular flexibility index (Phi) is 44.9. The number of aliphatic hydroxyl groups is 1. The van der Waals surface area contributed by atoms with Crippen molar-refractivity contribution >= 4 is 214 Å². The summed E-state index contributed by atoms with van der Waals surface area (Å²) in [6.45, 7) is 2.92. The maximum absolute atomic E-state index is 14.3. The SMILES string of the molecule is CSSCC1NCN(C(C)C(=O)N[C@@H](CCC(=O)O)C(=O)N[C@@H](Cc2ccc(O)cc2)C(=O)N[C@@H](CS)C(=O)N[C@@H](CS)C(=O)N[C@@H](CC(N)=O)C(=O)N2CCC[C@H]2C(=O)NC(C)C(=O)N[C@@H](CS)C(=O)N[C@H](C(=O)NCC(=O)NC(CS)C(=O)N[C@H](C=O)Cc2ccc(O)cc2)[C@@H](C)O)C1=O.SS.SS. The Labute approximate surface area is 661 Å². The van der Waals surface area contributed by atoms with E-state index >= 15 is 0 Å². The van der Waals surface area contributed by atoms with Crippen LogP contribution in [0.1, 0.15) is 64.0 Å². The van der Waals surface area contributed by atoms with Gasteiger partial charge in [0.25, 0.3) is 0 Å². The van der Waals surface area contributed by atoms with Gasteiger partial charge < -0.3 is 99.2 Å². The summed E-state index contributed by atoms with van der Waals surface area (Å²) in [5.41, 5.74) is 6.49. The van der Waals surface area contributed by atoms with E-state index in [1.807, 2.05) is 6.26 Å². The van der Waals surface area contributed by atoms with E-state index in [0.717, 1.165) is 11.8 Å². The lowest BCUT2D eigenvalue weighted by molar-refractivity contribution is -0.143. The van der Waals surface area contributed by atoms with Gasteiger partial charge in [-0.15, -0.1) is 46.6 Å². The minimum atomic E-state index is -1.77. The number of phenols is 2. The first-order valence-corrected chi connectivity index (χ1v) is 40.6. The van der Waals surface area contributed by atoms with E-state index in [-0.39, 0.29) is 62.1 Å². The first-order chi connectivity index (χ1) is 50.3. The summed E-state index contributed by atoms with van der Waals surface area (Å²) in [4.78, 5) is 215. The van der Waals surface area contributed by atoms with Gasteiger partial charge in [0, 0.05) is 48.2 Å². The first kappa shape index (κ1) is 95.3. The van der Waals surface area contributed by atoms with Gasteiger partial charge in [0.2, 0.25) is 82.7 Å². The van der Waals surface area contributed by atoms with Crippen LogP contribution in [0.2, 0.25) is 0 Å². The number of carbonyl (C=O) groups is 16. The molecule has 45 heteroatoms. The van der Waals surface area contributed by atoms with E-state index in [4.69, 9.17) is 5.73 Å². The maximum atomic E-state index is 14.3. The molecule has 2 aromatic rings. The van der Waals surface area contributed by atoms with Gasteiger partial charge >= 0.3 is 5.97 Å². The Morgan fingerprint density at radius 1 is 0.613 bits per heavy atom. The molecule has 0 bridgehead atoms. The molecule has 2 fully saturated rings. The van der Waals surface area contributed by atoms with E-state index in [2.05, 4.69) is 161 Å². The highest BCUT2D eigenvalue weighted by atomic mass is 33.1. The monoisotopic (exact) mass is 1670 g/mol. The molecule has 14 amide bonds. The molecule has 0 aliphatic carbocycles. The Balaban J connectivity index is 0.00000937. The average molecular weight is 1680 g/mol. The van der Waals surface area contributed by atoms with Gasteiger partial charge in [-0.05, 0) is 88.1 Å². The fourth-order valence-corrected chi connectivity index (χ4v) is 12.5. The molecule has 2 aliphatic heterocycles. The summed E-state index contributed by atoms with van der Waals surface area (Å²) in [5.74, 6) is -15.8. The van der Waals surface area contributed by atoms with Crippen molar-refractivity contribution in [3.63, 3.8) is 0 Å². The predicted molar refractivity (Wildman–Crippen MR) is 420 cm³/mol. The summed E-state index contributed by atoms with van der Waals surface area (Å²) in [5, 5.41) is 68.9. The summed E-state index contributed by atoms with van der Waals surface area (Å²) < 4.78 is 0. The number of benzene rings is 2. The molecule has 14 atom stereocenters. The number of aldehydes is 1. The third-order valence-corrected chi connectivity index (χ3v) is 19.1. The highest BCUT2D eigenvalue weighted by Crippen LogP contribution is 2.23. The number of phenolic OH excluding ortho intramolecular Hbond substituents is 2. The van der Waals surface area contributed by atoms with Gasteiger partial charge in [-0.3, -0.25) is 77.2 Å². The average Bonchev–Trinajstić information content (AvgIpc) is 1.69. The Morgan fingerprint density at radius 2 is 1.08 bits per heavy atom. The smallest absolute Gasteiger partial charge is 0.303 e. The molecule has 0 spiro atoms. The highest BCUT2D eigenvalue weighted by Gasteiger charge is 2.42. The van der Waals surface area contributed by atoms with Gasteiger partial charge in [-0.2, -0.15) is 50.5 Å². The van der Waals surface area contributed by atoms with Gasteiger partial charge in [-0.25, -0.2) is 0 Å². The summed E-state index contributed by atoms with van der Waals surface area (Å²) in [6, 6.07) is -6.83. The van der Waals surface area contributed by atoms with Crippen LogP contribution in [0, 0.1) is 0 Å². The van der Waals surface area contributed by atoms with E-state index in [1.54, 1.807) is 12.1 Å². The van der Waals surface area contributed by atoms with Crippen LogP contribution in [0.15, 0.2) is 48.5 Å². The molecule has 4 rings (SSSR count). The van der Waals surface area contributed by atoms with Crippen LogP contribution in [0.3, 0.4) is 0 Å². The maximum Gasteiger partial charge on any atom is 0.303 e. The second kappa shape index (κ2) is 50.0. The fraction of sp³-hybridized carbons (Fsp3) is 0.541. The molecule has 2 heterocycles. The number of hydrogen-bond acceptors (Lipinski definition) is 30. The molecule has 0 aromatic heterocycles. The number of carbonyl (C=O) groups excluding carboxylic acids is 15. The van der Waals surface area contributed by atoms with Crippen molar-refractivity contribution in [1.29, 1.82) is 0 Å². The molecule has 0 saturated carbocycles. The quantitative estimate of drug-likeness (QED) is 0.0169. The molecule has 2 aliphatic rings. The summed E-state index contributed by atoms with van der Waals surface area (Å²) >= 11 is 29.6. The molecule has 106 heavy (non-hydrogen) atoms. The zero-order valence-corrected chi connectivity index (χ0v) is 66.4. The number of aromatic hydroxyl groups is 2. The first-order valence-electron chi connectivity index (χ1n) is 32.1. The van der Waals surface area contributed by atoms with Crippen LogP contribution in [-0.2, 0) is 89.6 Å². The number of nitrogens with zero attached hydrogens (tertiary/aromatic N) is 2. The number of carboxylic acid groups (broad SMARTS) is 1. The third kappa shape index (κ3) is 31.8. The lowest BCUT2D eigenvalue weighted by Crippen LogP contribution is -2.61. The number of rotatable bonds is 42. The molecule has 18 N–H and O–H groups in total. The number of nitrogens with two attached hydrogens (primary N) is 1. The molecule has 0 radical (unpaired) electrons. The number of amides is 14. The van der Waals surface area contributed by atoms with Gasteiger partial charge in [0.15, 0.2) is 0 Å². The second-order valence-electron chi connectivity index (χ2n) is 23.5. The normalized spacial score (nSPS) is 17.1. The number of nitrogens with one attached hydrogen (secondary N) is 12. The minimum Gasteiger partial charge on any atom is -0.508 e. The van der Waals surface area contributed by atoms with E-state index in [1.165, 1.54) is 76.7 Å². The largest absolute Gasteiger partial charge is 0.508 e. The highest BCUT2D eigenvalue weighted by molar-refractivity contribution is 8.76. The van der Waals surface area contributed by atoms with Crippen molar-refractivity contribution < 1.29 is 97.1 Å². The van der Waals surface area contributed by atoms with Gasteiger partial charge in [0.05, 0.1) is 37.8 Å². The third-order valence-electron chi connectivity index (χ3n) is 15.8. The standard InChI is InChI=1S/C61H87N15O20S6.2H2S2/c1-29(50(85)71-43(26-100)57(92)74-49(31(3)78)59(94)63-21-47(82)67-40(23-97)54(89)66-34(22-77)18-32-7-11-35(79)12-8-32)65-58(93)45-6-5-17-75(45)60(95)39(20-46(62)81)70-55(90)41(24-98)73-56(91)42(25-99)72-53(88)38(19-33-9-13-36(80)14-10-33)69-52(87)37(15-16-48(83)84)68-51(86)30(2)76-28-64-44(61(76)96)27-102-101-4;2*1-2/h7-14,22,29-31,34,37-45,49,64,78-80,97-100H,5-6,15-21,23-28H2,1-4H3,(H2,62,81)(H,63,94)(H,65,93)(H,66,89)(H,67,82)(H,68,86)(H,69,87)(H,70,90)(H,71,85)(H,72,88)(H,73,91)(H,74,92)(H,83,84);2*1-2H/t29?,30?,31-,34+,37+,38+,39+,40?,41+,42+,43+,44?,45+,49+;;/m1../s1. The summed E-state index contributed by atoms with van der Waals surface area (Å²) in [7, 11) is 2.87. The molecule has 2 saturated heterocycles. The number of thiol groups is 8. The zero-order valence-electron chi connectivity index (χ0n) is 57.6. The fourth-order valence-electron chi connectivity index (χ4n) is 10.1. The molecular weight excluding hydrogens is 1580 g/mol. The van der Waals surface area contributed by atoms with Crippen molar-refractivity contribution in [1.82, 2.24) is 73.6 Å². The number of hydrogen-bond donors (Lipinski definition) is 25. The van der Waals surface area contributed by atoms with Crippen molar-refractivity contribution in [2.45, 2.75) is 150 Å². The Morgan fingerprint density at radius 3 is 1.58 bits per heavy atom. The Hall–Kier alpha value is -6.82. The van der Waals surface area contributed by atoms with Crippen LogP contribution >= 0.6 is 119 Å². The number of aliphatic hydroxyl groups excluding tert-OH is 1. The lowest BCUT2D eigenvalue weighted by Gasteiger charge is -2.30. The van der Waals surface area contributed by atoms with Crippen LogP contribution in [0.4, 0.5) is 0 Å². The number of primary amides is 1. The van der Waals surface area contributed by atoms with Crippen molar-refractivity contribution in [2.75, 3.05) is 54.8 Å². The van der Waals surface area contributed by atoms with Crippen LogP contribution in [0.25, 0.3) is 0 Å². The topological polar surface area (TPSA) is 531 Å². The predicted octanol–water partition coefficient (Wildman–Crippen LogP) is -4.42. The number of carboxylic acids is 1.